The molecule has 0 aromatic heterocycles. The number of anilines is 1. The molecule has 104 valence electrons. The van der Waals surface area contributed by atoms with Gasteiger partial charge in [0.15, 0.2) is 0 Å². The van der Waals surface area contributed by atoms with Crippen molar-refractivity contribution in [3.05, 3.63) is 60.2 Å². The van der Waals surface area contributed by atoms with E-state index in [0.717, 1.165) is 5.75 Å². The first-order chi connectivity index (χ1) is 9.65. The highest BCUT2D eigenvalue weighted by molar-refractivity contribution is 5.89. The van der Waals surface area contributed by atoms with Crippen LogP contribution in [-0.2, 0) is 4.74 Å². The maximum atomic E-state index is 11.9. The molecule has 0 radical (unpaired) electrons. The van der Waals surface area contributed by atoms with Gasteiger partial charge in [-0.1, -0.05) is 18.2 Å². The second-order valence-electron chi connectivity index (χ2n) is 4.46. The van der Waals surface area contributed by atoms with Gasteiger partial charge in [0.2, 0.25) is 0 Å². The number of carbonyl (C=O) groups excluding carboxylic acids is 1. The van der Waals surface area contributed by atoms with Gasteiger partial charge in [0.05, 0.1) is 5.56 Å². The fraction of sp³-hybridized carbons (Fsp3) is 0.188. The van der Waals surface area contributed by atoms with Crippen LogP contribution in [0.1, 0.15) is 17.3 Å². The van der Waals surface area contributed by atoms with Crippen LogP contribution in [0.2, 0.25) is 0 Å². The summed E-state index contributed by atoms with van der Waals surface area (Å²) >= 11 is 0. The average molecular weight is 271 g/mol. The minimum Gasteiger partial charge on any atom is -0.490 e. The summed E-state index contributed by atoms with van der Waals surface area (Å²) in [5.74, 6) is 0.372. The molecule has 4 nitrogen and oxygen atoms in total. The van der Waals surface area contributed by atoms with Crippen LogP contribution >= 0.6 is 0 Å². The van der Waals surface area contributed by atoms with Gasteiger partial charge in [-0.25, -0.2) is 4.79 Å². The van der Waals surface area contributed by atoms with Gasteiger partial charge in [0.1, 0.15) is 18.5 Å². The number of benzene rings is 2. The van der Waals surface area contributed by atoms with E-state index in [2.05, 4.69) is 0 Å². The number of esters is 1. The highest BCUT2D eigenvalue weighted by Crippen LogP contribution is 2.11. The lowest BCUT2D eigenvalue weighted by Crippen LogP contribution is -2.22. The summed E-state index contributed by atoms with van der Waals surface area (Å²) in [5.41, 5.74) is 6.66. The summed E-state index contributed by atoms with van der Waals surface area (Å²) in [6.07, 6.45) is -0.333. The molecule has 2 aromatic carbocycles. The average Bonchev–Trinajstić information content (AvgIpc) is 2.47. The molecule has 2 rings (SSSR count). The molecule has 0 fully saturated rings. The third-order valence-electron chi connectivity index (χ3n) is 2.68. The Labute approximate surface area is 118 Å². The van der Waals surface area contributed by atoms with Crippen molar-refractivity contribution >= 4 is 11.7 Å². The lowest BCUT2D eigenvalue weighted by molar-refractivity contribution is 0.0228. The second kappa shape index (κ2) is 6.61. The molecule has 0 spiro atoms. The van der Waals surface area contributed by atoms with Crippen molar-refractivity contribution in [1.29, 1.82) is 0 Å². The Morgan fingerprint density at radius 1 is 1.10 bits per heavy atom. The zero-order valence-electron chi connectivity index (χ0n) is 11.3. The molecule has 0 aliphatic rings. The topological polar surface area (TPSA) is 61.5 Å². The number of ether oxygens (including phenoxy) is 2. The van der Waals surface area contributed by atoms with Gasteiger partial charge in [-0.3, -0.25) is 0 Å². The molecule has 0 saturated carbocycles. The van der Waals surface area contributed by atoms with Crippen molar-refractivity contribution in [3.8, 4) is 5.75 Å². The largest absolute Gasteiger partial charge is 0.490 e. The van der Waals surface area contributed by atoms with E-state index < -0.39 is 0 Å². The van der Waals surface area contributed by atoms with E-state index in [0.29, 0.717) is 17.9 Å². The maximum absolute atomic E-state index is 11.9. The summed E-state index contributed by atoms with van der Waals surface area (Å²) in [6.45, 7) is 2.10. The number of carbonyl (C=O) groups is 1. The summed E-state index contributed by atoms with van der Waals surface area (Å²) in [6, 6.07) is 16.0. The van der Waals surface area contributed by atoms with Gasteiger partial charge < -0.3 is 15.2 Å². The van der Waals surface area contributed by atoms with Crippen LogP contribution in [0.3, 0.4) is 0 Å². The third-order valence-corrected chi connectivity index (χ3v) is 2.68. The van der Waals surface area contributed by atoms with Gasteiger partial charge in [-0.2, -0.15) is 0 Å². The molecular formula is C16H17NO3. The van der Waals surface area contributed by atoms with Crippen LogP contribution in [0.15, 0.2) is 54.6 Å². The van der Waals surface area contributed by atoms with Gasteiger partial charge in [0, 0.05) is 5.69 Å². The maximum Gasteiger partial charge on any atom is 0.338 e. The van der Waals surface area contributed by atoms with Crippen molar-refractivity contribution in [2.75, 3.05) is 12.3 Å². The van der Waals surface area contributed by atoms with E-state index in [-0.39, 0.29) is 12.1 Å². The number of rotatable bonds is 5. The number of nitrogens with two attached hydrogens (primary N) is 1. The Kier molecular flexibility index (Phi) is 4.60. The first-order valence-corrected chi connectivity index (χ1v) is 6.39. The Balaban J connectivity index is 1.83. The Morgan fingerprint density at radius 2 is 1.75 bits per heavy atom. The number of hydrogen-bond donors (Lipinski definition) is 1. The summed E-state index contributed by atoms with van der Waals surface area (Å²) < 4.78 is 10.8. The third kappa shape index (κ3) is 4.02. The Bertz CT molecular complexity index is 552. The molecule has 1 unspecified atom stereocenters. The van der Waals surface area contributed by atoms with E-state index in [1.54, 1.807) is 31.2 Å². The lowest BCUT2D eigenvalue weighted by Gasteiger charge is -2.14. The van der Waals surface area contributed by atoms with Crippen LogP contribution in [0.5, 0.6) is 5.75 Å². The van der Waals surface area contributed by atoms with E-state index >= 15 is 0 Å². The fourth-order valence-electron chi connectivity index (χ4n) is 1.63. The Morgan fingerprint density at radius 3 is 2.40 bits per heavy atom. The second-order valence-corrected chi connectivity index (χ2v) is 4.46. The van der Waals surface area contributed by atoms with Crippen molar-refractivity contribution in [2.24, 2.45) is 0 Å². The molecule has 0 aliphatic heterocycles. The quantitative estimate of drug-likeness (QED) is 0.671. The first kappa shape index (κ1) is 13.9. The van der Waals surface area contributed by atoms with Gasteiger partial charge in [-0.15, -0.1) is 0 Å². The van der Waals surface area contributed by atoms with Crippen LogP contribution in [0.25, 0.3) is 0 Å². The number of para-hydroxylation sites is 1. The molecule has 1 atom stereocenters. The molecule has 0 amide bonds. The molecule has 0 aliphatic carbocycles. The summed E-state index contributed by atoms with van der Waals surface area (Å²) in [5, 5.41) is 0. The van der Waals surface area contributed by atoms with E-state index in [4.69, 9.17) is 15.2 Å². The van der Waals surface area contributed by atoms with E-state index in [1.807, 2.05) is 30.3 Å². The van der Waals surface area contributed by atoms with Gasteiger partial charge in [-0.05, 0) is 43.3 Å². The summed E-state index contributed by atoms with van der Waals surface area (Å²) in [7, 11) is 0. The monoisotopic (exact) mass is 271 g/mol. The summed E-state index contributed by atoms with van der Waals surface area (Å²) in [4.78, 5) is 11.9. The first-order valence-electron chi connectivity index (χ1n) is 6.39. The SMILES string of the molecule is CC(COc1ccccc1)OC(=O)c1ccc(N)cc1. The van der Waals surface area contributed by atoms with E-state index in [1.165, 1.54) is 0 Å². The normalized spacial score (nSPS) is 11.7. The van der Waals surface area contributed by atoms with Crippen molar-refractivity contribution in [3.63, 3.8) is 0 Å². The zero-order valence-corrected chi connectivity index (χ0v) is 11.3. The standard InChI is InChI=1S/C16H17NO3/c1-12(11-19-15-5-3-2-4-6-15)20-16(18)13-7-9-14(17)10-8-13/h2-10,12H,11,17H2,1H3. The van der Waals surface area contributed by atoms with Crippen LogP contribution < -0.4 is 10.5 Å². The molecule has 20 heavy (non-hydrogen) atoms. The lowest BCUT2D eigenvalue weighted by atomic mass is 10.2. The van der Waals surface area contributed by atoms with Gasteiger partial charge >= 0.3 is 5.97 Å². The van der Waals surface area contributed by atoms with Gasteiger partial charge in [0.25, 0.3) is 0 Å². The molecule has 2 N–H and O–H groups in total. The number of hydrogen-bond acceptors (Lipinski definition) is 4. The smallest absolute Gasteiger partial charge is 0.338 e. The minimum absolute atomic E-state index is 0.310. The predicted octanol–water partition coefficient (Wildman–Crippen LogP) is 2.89. The van der Waals surface area contributed by atoms with Crippen LogP contribution in [0.4, 0.5) is 5.69 Å². The fourth-order valence-corrected chi connectivity index (χ4v) is 1.63. The number of nitrogen functional groups attached to an aromatic ring is 1. The van der Waals surface area contributed by atoms with Crippen LogP contribution in [-0.4, -0.2) is 18.7 Å². The van der Waals surface area contributed by atoms with Crippen molar-refractivity contribution in [1.82, 2.24) is 0 Å². The van der Waals surface area contributed by atoms with Crippen LogP contribution in [0, 0.1) is 0 Å². The molecule has 0 heterocycles. The molecule has 0 saturated heterocycles. The minimum atomic E-state index is -0.380. The zero-order chi connectivity index (χ0) is 14.4. The highest BCUT2D eigenvalue weighted by Gasteiger charge is 2.12. The van der Waals surface area contributed by atoms with Crippen molar-refractivity contribution < 1.29 is 14.3 Å². The molecular weight excluding hydrogens is 254 g/mol. The Hall–Kier alpha value is -2.49. The highest BCUT2D eigenvalue weighted by atomic mass is 16.6. The van der Waals surface area contributed by atoms with E-state index in [9.17, 15) is 4.79 Å². The predicted molar refractivity (Wildman–Crippen MR) is 77.7 cm³/mol. The molecule has 0 bridgehead atoms. The molecule has 4 heteroatoms. The molecule has 2 aromatic rings. The van der Waals surface area contributed by atoms with Crippen molar-refractivity contribution in [2.45, 2.75) is 13.0 Å².